The van der Waals surface area contributed by atoms with Gasteiger partial charge in [-0.2, -0.15) is 0 Å². The molecule has 1 aromatic heterocycles. The number of nitrogens with zero attached hydrogens (tertiary/aromatic N) is 1. The summed E-state index contributed by atoms with van der Waals surface area (Å²) in [5, 5.41) is 0. The van der Waals surface area contributed by atoms with Crippen molar-refractivity contribution in [2.45, 2.75) is 26.3 Å². The SMILES string of the molecule is Cc1cc(C(=O)COc2ccccc2F)c(C)n1[C@H]1CCS(=O)(=O)C1. The fourth-order valence-corrected chi connectivity index (χ4v) is 5.08. The maximum absolute atomic E-state index is 13.6. The quantitative estimate of drug-likeness (QED) is 0.764. The Kier molecular flexibility index (Phi) is 4.69. The lowest BCUT2D eigenvalue weighted by Crippen LogP contribution is -2.16. The van der Waals surface area contributed by atoms with Crippen LogP contribution in [-0.2, 0) is 9.84 Å². The largest absolute Gasteiger partial charge is 0.482 e. The van der Waals surface area contributed by atoms with Crippen molar-refractivity contribution < 1.29 is 22.3 Å². The number of hydrogen-bond acceptors (Lipinski definition) is 4. The van der Waals surface area contributed by atoms with Crippen LogP contribution in [0.25, 0.3) is 0 Å². The molecule has 0 aliphatic carbocycles. The second-order valence-electron chi connectivity index (χ2n) is 6.35. The Morgan fingerprint density at radius 1 is 1.32 bits per heavy atom. The minimum absolute atomic E-state index is 0.0338. The summed E-state index contributed by atoms with van der Waals surface area (Å²) < 4.78 is 44.2. The van der Waals surface area contributed by atoms with E-state index >= 15 is 0 Å². The predicted octanol–water partition coefficient (Wildman–Crippen LogP) is 2.87. The van der Waals surface area contributed by atoms with Gasteiger partial charge in [0.2, 0.25) is 5.78 Å². The maximum atomic E-state index is 13.6. The summed E-state index contributed by atoms with van der Waals surface area (Å²) in [6, 6.07) is 7.52. The third-order valence-corrected chi connectivity index (χ3v) is 6.30. The second-order valence-corrected chi connectivity index (χ2v) is 8.58. The zero-order valence-electron chi connectivity index (χ0n) is 14.2. The first-order chi connectivity index (χ1) is 11.8. The van der Waals surface area contributed by atoms with Crippen LogP contribution in [-0.4, -0.2) is 36.9 Å². The lowest BCUT2D eigenvalue weighted by molar-refractivity contribution is 0.0918. The summed E-state index contributed by atoms with van der Waals surface area (Å²) >= 11 is 0. The van der Waals surface area contributed by atoms with Crippen molar-refractivity contribution >= 4 is 15.6 Å². The molecule has 5 nitrogen and oxygen atoms in total. The maximum Gasteiger partial charge on any atom is 0.202 e. The third kappa shape index (κ3) is 3.61. The summed E-state index contributed by atoms with van der Waals surface area (Å²) in [4.78, 5) is 12.5. The molecule has 1 fully saturated rings. The van der Waals surface area contributed by atoms with Gasteiger partial charge in [-0.3, -0.25) is 4.79 Å². The molecule has 134 valence electrons. The van der Waals surface area contributed by atoms with Crippen LogP contribution in [0.1, 0.15) is 34.2 Å². The van der Waals surface area contributed by atoms with E-state index in [0.29, 0.717) is 12.0 Å². The van der Waals surface area contributed by atoms with Gasteiger partial charge in [0.15, 0.2) is 28.0 Å². The molecule has 3 rings (SSSR count). The number of ketones is 1. The third-order valence-electron chi connectivity index (χ3n) is 4.55. The van der Waals surface area contributed by atoms with Crippen LogP contribution in [0.4, 0.5) is 4.39 Å². The highest BCUT2D eigenvalue weighted by molar-refractivity contribution is 7.91. The molecule has 0 spiro atoms. The number of benzene rings is 1. The van der Waals surface area contributed by atoms with Crippen molar-refractivity contribution in [3.63, 3.8) is 0 Å². The Labute approximate surface area is 146 Å². The number of Topliss-reactive ketones (excluding diaryl/α,β-unsaturated/α-hetero) is 1. The molecular weight excluding hydrogens is 345 g/mol. The number of ether oxygens (including phenoxy) is 1. The summed E-state index contributed by atoms with van der Waals surface area (Å²) in [5.74, 6) is -0.469. The lowest BCUT2D eigenvalue weighted by Gasteiger charge is -2.16. The zero-order valence-corrected chi connectivity index (χ0v) is 15.0. The predicted molar refractivity (Wildman–Crippen MR) is 92.4 cm³/mol. The molecule has 1 saturated heterocycles. The topological polar surface area (TPSA) is 65.4 Å². The summed E-state index contributed by atoms with van der Waals surface area (Å²) in [7, 11) is -3.01. The van der Waals surface area contributed by atoms with Gasteiger partial charge in [0.1, 0.15) is 0 Å². The van der Waals surface area contributed by atoms with Crippen LogP contribution in [0.15, 0.2) is 30.3 Å². The molecule has 2 aromatic rings. The van der Waals surface area contributed by atoms with Crippen LogP contribution >= 0.6 is 0 Å². The first-order valence-electron chi connectivity index (χ1n) is 8.08. The van der Waals surface area contributed by atoms with E-state index in [1.807, 2.05) is 11.5 Å². The van der Waals surface area contributed by atoms with Gasteiger partial charge in [0, 0.05) is 23.0 Å². The zero-order chi connectivity index (χ0) is 18.2. The van der Waals surface area contributed by atoms with Crippen molar-refractivity contribution in [1.82, 2.24) is 4.57 Å². The molecule has 1 aliphatic heterocycles. The molecule has 7 heteroatoms. The Morgan fingerprint density at radius 2 is 2.04 bits per heavy atom. The number of aromatic nitrogens is 1. The number of carbonyl (C=O) groups excluding carboxylic acids is 1. The second kappa shape index (κ2) is 6.63. The van der Waals surface area contributed by atoms with E-state index in [1.165, 1.54) is 12.1 Å². The molecule has 0 bridgehead atoms. The van der Waals surface area contributed by atoms with Crippen LogP contribution in [0.3, 0.4) is 0 Å². The Balaban J connectivity index is 1.78. The molecule has 0 radical (unpaired) electrons. The van der Waals surface area contributed by atoms with Crippen LogP contribution in [0, 0.1) is 19.7 Å². The first kappa shape index (κ1) is 17.7. The van der Waals surface area contributed by atoms with Gasteiger partial charge in [-0.05, 0) is 38.5 Å². The normalized spacial score (nSPS) is 19.1. The summed E-state index contributed by atoms with van der Waals surface area (Å²) in [5.41, 5.74) is 2.05. The number of sulfone groups is 1. The molecule has 25 heavy (non-hydrogen) atoms. The van der Waals surface area contributed by atoms with Gasteiger partial charge in [-0.15, -0.1) is 0 Å². The van der Waals surface area contributed by atoms with E-state index in [2.05, 4.69) is 0 Å². The average Bonchev–Trinajstić information content (AvgIpc) is 3.05. The van der Waals surface area contributed by atoms with E-state index in [-0.39, 0.29) is 35.7 Å². The van der Waals surface area contributed by atoms with Gasteiger partial charge >= 0.3 is 0 Å². The number of aryl methyl sites for hydroxylation is 1. The van der Waals surface area contributed by atoms with E-state index < -0.39 is 15.7 Å². The molecule has 0 saturated carbocycles. The van der Waals surface area contributed by atoms with E-state index in [1.54, 1.807) is 25.1 Å². The highest BCUT2D eigenvalue weighted by Crippen LogP contribution is 2.29. The fraction of sp³-hybridized carbons (Fsp3) is 0.389. The minimum atomic E-state index is -3.01. The van der Waals surface area contributed by atoms with Crippen molar-refractivity contribution in [2.24, 2.45) is 0 Å². The smallest absolute Gasteiger partial charge is 0.202 e. The molecular formula is C18H20FNO4S. The molecule has 0 N–H and O–H groups in total. The summed E-state index contributed by atoms with van der Waals surface area (Å²) in [6.45, 7) is 3.38. The molecule has 1 atom stereocenters. The van der Waals surface area contributed by atoms with Gasteiger partial charge in [0.25, 0.3) is 0 Å². The monoisotopic (exact) mass is 365 g/mol. The number of carbonyl (C=O) groups is 1. The van der Waals surface area contributed by atoms with E-state index in [0.717, 1.165) is 11.4 Å². The van der Waals surface area contributed by atoms with Crippen LogP contribution in [0.5, 0.6) is 5.75 Å². The van der Waals surface area contributed by atoms with Crippen LogP contribution < -0.4 is 4.74 Å². The van der Waals surface area contributed by atoms with Crippen LogP contribution in [0.2, 0.25) is 0 Å². The van der Waals surface area contributed by atoms with Gasteiger partial charge in [-0.1, -0.05) is 12.1 Å². The number of halogens is 1. The van der Waals surface area contributed by atoms with E-state index in [9.17, 15) is 17.6 Å². The van der Waals surface area contributed by atoms with E-state index in [4.69, 9.17) is 4.74 Å². The lowest BCUT2D eigenvalue weighted by atomic mass is 10.1. The van der Waals surface area contributed by atoms with Crippen molar-refractivity contribution in [1.29, 1.82) is 0 Å². The molecule has 2 heterocycles. The van der Waals surface area contributed by atoms with Crippen molar-refractivity contribution in [3.8, 4) is 5.75 Å². The Hall–Kier alpha value is -2.15. The van der Waals surface area contributed by atoms with Gasteiger partial charge in [0.05, 0.1) is 11.5 Å². The van der Waals surface area contributed by atoms with Gasteiger partial charge < -0.3 is 9.30 Å². The molecule has 0 unspecified atom stereocenters. The summed E-state index contributed by atoms with van der Waals surface area (Å²) in [6.07, 6.45) is 0.554. The first-order valence-corrected chi connectivity index (χ1v) is 9.90. The highest BCUT2D eigenvalue weighted by atomic mass is 32.2. The van der Waals surface area contributed by atoms with Crippen molar-refractivity contribution in [3.05, 3.63) is 53.1 Å². The average molecular weight is 365 g/mol. The van der Waals surface area contributed by atoms with Gasteiger partial charge in [-0.25, -0.2) is 12.8 Å². The number of rotatable bonds is 5. The standard InChI is InChI=1S/C18H20FNO4S/c1-12-9-15(13(2)20(12)14-7-8-25(22,23)11-14)17(21)10-24-18-6-4-3-5-16(18)19/h3-6,9,14H,7-8,10-11H2,1-2H3/t14-/m0/s1. The Morgan fingerprint density at radius 3 is 2.68 bits per heavy atom. The fourth-order valence-electron chi connectivity index (χ4n) is 3.38. The highest BCUT2D eigenvalue weighted by Gasteiger charge is 2.31. The number of para-hydroxylation sites is 1. The minimum Gasteiger partial charge on any atom is -0.482 e. The van der Waals surface area contributed by atoms with Crippen molar-refractivity contribution in [2.75, 3.05) is 18.1 Å². The Bertz CT molecular complexity index is 917. The molecule has 1 aliphatic rings. The molecule has 1 aromatic carbocycles. The molecule has 0 amide bonds. The number of hydrogen-bond donors (Lipinski definition) is 0.